The van der Waals surface area contributed by atoms with E-state index in [2.05, 4.69) is 10.3 Å². The van der Waals surface area contributed by atoms with Crippen LogP contribution in [0.4, 0.5) is 4.39 Å². The Labute approximate surface area is 203 Å². The normalized spacial score (nSPS) is 11.1. The number of hydrogen-bond acceptors (Lipinski definition) is 4. The summed E-state index contributed by atoms with van der Waals surface area (Å²) >= 11 is 0. The highest BCUT2D eigenvalue weighted by Gasteiger charge is 2.14. The van der Waals surface area contributed by atoms with E-state index >= 15 is 0 Å². The van der Waals surface area contributed by atoms with E-state index in [1.165, 1.54) is 6.07 Å². The molecule has 0 radical (unpaired) electrons. The van der Waals surface area contributed by atoms with Gasteiger partial charge in [0.2, 0.25) is 0 Å². The van der Waals surface area contributed by atoms with E-state index in [4.69, 9.17) is 4.74 Å². The minimum Gasteiger partial charge on any atom is -0.484 e. The fourth-order valence-electron chi connectivity index (χ4n) is 3.99. The number of fused-ring (bicyclic) bond motifs is 1. The first-order valence-electron chi connectivity index (χ1n) is 11.6. The second kappa shape index (κ2) is 11.0. The summed E-state index contributed by atoms with van der Waals surface area (Å²) in [6.45, 7) is 4.44. The van der Waals surface area contributed by atoms with Gasteiger partial charge in [0.1, 0.15) is 11.6 Å². The third-order valence-corrected chi connectivity index (χ3v) is 5.82. The van der Waals surface area contributed by atoms with Crippen LogP contribution in [0.1, 0.15) is 36.6 Å². The molecule has 0 saturated carbocycles. The van der Waals surface area contributed by atoms with Crippen LogP contribution in [0, 0.1) is 5.82 Å². The molecule has 35 heavy (non-hydrogen) atoms. The van der Waals surface area contributed by atoms with Crippen LogP contribution in [0.2, 0.25) is 0 Å². The zero-order valence-corrected chi connectivity index (χ0v) is 19.8. The van der Waals surface area contributed by atoms with E-state index in [1.54, 1.807) is 47.2 Å². The highest BCUT2D eigenvalue weighted by molar-refractivity contribution is 5.85. The van der Waals surface area contributed by atoms with Crippen molar-refractivity contribution in [2.45, 2.75) is 32.7 Å². The molecule has 2 aromatic carbocycles. The van der Waals surface area contributed by atoms with Crippen molar-refractivity contribution in [2.75, 3.05) is 13.2 Å². The molecule has 0 unspecified atom stereocenters. The van der Waals surface area contributed by atoms with Gasteiger partial charge < -0.3 is 14.6 Å². The fraction of sp³-hybridized carbons (Fsp3) is 0.250. The maximum Gasteiger partial charge on any atom is 0.257 e. The molecule has 4 aromatic rings. The summed E-state index contributed by atoms with van der Waals surface area (Å²) < 4.78 is 21.6. The minimum atomic E-state index is -0.365. The van der Waals surface area contributed by atoms with Crippen molar-refractivity contribution in [1.82, 2.24) is 14.9 Å². The van der Waals surface area contributed by atoms with Gasteiger partial charge in [-0.2, -0.15) is 0 Å². The van der Waals surface area contributed by atoms with Crippen LogP contribution in [0.15, 0.2) is 77.7 Å². The number of pyridine rings is 2. The molecular weight excluding hydrogens is 445 g/mol. The van der Waals surface area contributed by atoms with Gasteiger partial charge in [-0.3, -0.25) is 14.6 Å². The third kappa shape index (κ3) is 5.93. The largest absolute Gasteiger partial charge is 0.484 e. The van der Waals surface area contributed by atoms with Gasteiger partial charge in [0, 0.05) is 47.9 Å². The first-order chi connectivity index (χ1) is 16.9. The van der Waals surface area contributed by atoms with Crippen LogP contribution < -0.4 is 15.6 Å². The van der Waals surface area contributed by atoms with Gasteiger partial charge in [-0.25, -0.2) is 4.39 Å². The molecule has 1 amide bonds. The lowest BCUT2D eigenvalue weighted by atomic mass is 9.98. The van der Waals surface area contributed by atoms with E-state index < -0.39 is 0 Å². The molecule has 0 aliphatic heterocycles. The summed E-state index contributed by atoms with van der Waals surface area (Å²) in [7, 11) is 0. The predicted molar refractivity (Wildman–Crippen MR) is 134 cm³/mol. The lowest BCUT2D eigenvalue weighted by Gasteiger charge is -2.17. The van der Waals surface area contributed by atoms with E-state index in [0.29, 0.717) is 29.8 Å². The number of nitrogens with one attached hydrogen (secondary N) is 1. The number of carbonyl (C=O) groups is 1. The average Bonchev–Trinajstić information content (AvgIpc) is 2.86. The molecule has 4 rings (SSSR count). The predicted octanol–water partition coefficient (Wildman–Crippen LogP) is 4.45. The molecule has 0 bridgehead atoms. The summed E-state index contributed by atoms with van der Waals surface area (Å²) in [6, 6.07) is 19.1. The van der Waals surface area contributed by atoms with E-state index in [1.807, 2.05) is 38.1 Å². The van der Waals surface area contributed by atoms with Gasteiger partial charge in [0.15, 0.2) is 6.61 Å². The molecule has 6 nitrogen and oxygen atoms in total. The maximum atomic E-state index is 14.3. The molecule has 2 heterocycles. The molecule has 0 fully saturated rings. The number of hydrogen-bond donors (Lipinski definition) is 1. The Morgan fingerprint density at radius 3 is 2.63 bits per heavy atom. The lowest BCUT2D eigenvalue weighted by Crippen LogP contribution is -2.30. The van der Waals surface area contributed by atoms with Gasteiger partial charge >= 0.3 is 0 Å². The number of rotatable bonds is 9. The SMILES string of the molecule is CC(C)c1cc(=O)n(Cc2ccccc2F)c2cc(OCC(=O)NCCc3ccccn3)ccc12. The zero-order chi connectivity index (χ0) is 24.8. The van der Waals surface area contributed by atoms with Crippen LogP contribution >= 0.6 is 0 Å². The number of benzene rings is 2. The number of halogens is 1. The monoisotopic (exact) mass is 473 g/mol. The number of ether oxygens (including phenoxy) is 1. The Hall–Kier alpha value is -4.00. The summed E-state index contributed by atoms with van der Waals surface area (Å²) in [5.41, 5.74) is 2.66. The Bertz CT molecular complexity index is 1380. The summed E-state index contributed by atoms with van der Waals surface area (Å²) in [6.07, 6.45) is 2.35. The number of aromatic nitrogens is 2. The maximum absolute atomic E-state index is 14.3. The van der Waals surface area contributed by atoms with Gasteiger partial charge in [-0.15, -0.1) is 0 Å². The standard InChI is InChI=1S/C28H28FN3O3/c1-19(2)24-16-28(34)32(17-20-7-3-4-9-25(20)29)26-15-22(10-11-23(24)26)35-18-27(33)31-14-12-21-8-5-6-13-30-21/h3-11,13,15-16,19H,12,14,17-18H2,1-2H3,(H,31,33). The van der Waals surface area contributed by atoms with Crippen LogP contribution in [0.3, 0.4) is 0 Å². The first kappa shape index (κ1) is 24.1. The van der Waals surface area contributed by atoms with Crippen LogP contribution in [-0.4, -0.2) is 28.6 Å². The average molecular weight is 474 g/mol. The van der Waals surface area contributed by atoms with Crippen LogP contribution in [0.25, 0.3) is 10.9 Å². The molecule has 0 spiro atoms. The van der Waals surface area contributed by atoms with Crippen molar-refractivity contribution in [3.8, 4) is 5.75 Å². The Balaban J connectivity index is 1.53. The molecule has 7 heteroatoms. The third-order valence-electron chi connectivity index (χ3n) is 5.82. The van der Waals surface area contributed by atoms with Gasteiger partial charge in [-0.1, -0.05) is 38.1 Å². The molecule has 1 N–H and O–H groups in total. The Morgan fingerprint density at radius 2 is 1.89 bits per heavy atom. The second-order valence-corrected chi connectivity index (χ2v) is 8.66. The Kier molecular flexibility index (Phi) is 7.55. The van der Waals surface area contributed by atoms with Crippen molar-refractivity contribution in [3.05, 3.63) is 106 Å². The van der Waals surface area contributed by atoms with E-state index in [0.717, 1.165) is 16.6 Å². The van der Waals surface area contributed by atoms with E-state index in [9.17, 15) is 14.0 Å². The van der Waals surface area contributed by atoms with Crippen molar-refractivity contribution in [3.63, 3.8) is 0 Å². The van der Waals surface area contributed by atoms with Crippen molar-refractivity contribution < 1.29 is 13.9 Å². The van der Waals surface area contributed by atoms with E-state index in [-0.39, 0.29) is 36.4 Å². The zero-order valence-electron chi connectivity index (χ0n) is 19.8. The van der Waals surface area contributed by atoms with Crippen molar-refractivity contribution in [2.24, 2.45) is 0 Å². The van der Waals surface area contributed by atoms with Crippen molar-refractivity contribution in [1.29, 1.82) is 0 Å². The van der Waals surface area contributed by atoms with Crippen molar-refractivity contribution >= 4 is 16.8 Å². The van der Waals surface area contributed by atoms with Gasteiger partial charge in [0.05, 0.1) is 12.1 Å². The summed E-state index contributed by atoms with van der Waals surface area (Å²) in [5.74, 6) is -0.0269. The van der Waals surface area contributed by atoms with Gasteiger partial charge in [0.25, 0.3) is 11.5 Å². The molecule has 0 aliphatic rings. The highest BCUT2D eigenvalue weighted by atomic mass is 19.1. The number of carbonyl (C=O) groups excluding carboxylic acids is 1. The lowest BCUT2D eigenvalue weighted by molar-refractivity contribution is -0.123. The molecular formula is C28H28FN3O3. The molecule has 0 saturated heterocycles. The van der Waals surface area contributed by atoms with Crippen LogP contribution in [0.5, 0.6) is 5.75 Å². The van der Waals surface area contributed by atoms with Crippen LogP contribution in [-0.2, 0) is 17.8 Å². The molecule has 2 aromatic heterocycles. The number of amides is 1. The first-order valence-corrected chi connectivity index (χ1v) is 11.6. The molecule has 180 valence electrons. The Morgan fingerprint density at radius 1 is 1.09 bits per heavy atom. The summed E-state index contributed by atoms with van der Waals surface area (Å²) in [4.78, 5) is 29.5. The fourth-order valence-corrected chi connectivity index (χ4v) is 3.99. The smallest absolute Gasteiger partial charge is 0.257 e. The summed E-state index contributed by atoms with van der Waals surface area (Å²) in [5, 5.41) is 3.71. The minimum absolute atomic E-state index is 0.0951. The quantitative estimate of drug-likeness (QED) is 0.390. The topological polar surface area (TPSA) is 73.2 Å². The molecule has 0 atom stereocenters. The second-order valence-electron chi connectivity index (χ2n) is 8.66. The highest BCUT2D eigenvalue weighted by Crippen LogP contribution is 2.28. The molecule has 0 aliphatic carbocycles. The van der Waals surface area contributed by atoms with Gasteiger partial charge in [-0.05, 0) is 41.8 Å². The number of nitrogens with zero attached hydrogens (tertiary/aromatic N) is 2.